The van der Waals surface area contributed by atoms with Crippen molar-refractivity contribution in [2.75, 3.05) is 6.61 Å². The van der Waals surface area contributed by atoms with Crippen LogP contribution in [0.15, 0.2) is 12.1 Å². The number of aryl methyl sites for hydroxylation is 1. The first-order chi connectivity index (χ1) is 9.13. The fourth-order valence-corrected chi connectivity index (χ4v) is 2.46. The van der Waals surface area contributed by atoms with E-state index in [-0.39, 0.29) is 17.3 Å². The molecule has 0 N–H and O–H groups in total. The van der Waals surface area contributed by atoms with Gasteiger partial charge in [-0.1, -0.05) is 27.7 Å². The second-order valence-electron chi connectivity index (χ2n) is 7.19. The van der Waals surface area contributed by atoms with E-state index >= 15 is 0 Å². The lowest BCUT2D eigenvalue weighted by Gasteiger charge is -2.30. The zero-order chi connectivity index (χ0) is 15.4. The van der Waals surface area contributed by atoms with Gasteiger partial charge in [0, 0.05) is 4.88 Å². The highest BCUT2D eigenvalue weighted by Crippen LogP contribution is 2.32. The van der Waals surface area contributed by atoms with Crippen molar-refractivity contribution in [3.63, 3.8) is 0 Å². The fraction of sp³-hybridized carbons (Fsp3) is 0.765. The van der Waals surface area contributed by atoms with Crippen LogP contribution < -0.4 is 0 Å². The lowest BCUT2D eigenvalue weighted by atomic mass is 9.93. The Bertz CT molecular complexity index is 401. The average molecular weight is 298 g/mol. The van der Waals surface area contributed by atoms with E-state index in [0.29, 0.717) is 0 Å². The zero-order valence-electron chi connectivity index (χ0n) is 14.1. The van der Waals surface area contributed by atoms with Crippen LogP contribution >= 0.6 is 11.3 Å². The highest BCUT2D eigenvalue weighted by Gasteiger charge is 2.25. The smallest absolute Gasteiger partial charge is 0.193 e. The van der Waals surface area contributed by atoms with Crippen LogP contribution in [0.3, 0.4) is 0 Å². The van der Waals surface area contributed by atoms with E-state index < -0.39 is 0 Å². The van der Waals surface area contributed by atoms with Gasteiger partial charge in [-0.3, -0.25) is 0 Å². The summed E-state index contributed by atoms with van der Waals surface area (Å²) >= 11 is 1.75. The number of rotatable bonds is 7. The number of ether oxygens (including phenoxy) is 2. The molecule has 0 bridgehead atoms. The summed E-state index contributed by atoms with van der Waals surface area (Å²) in [6.07, 6.45) is 1.76. The molecule has 3 heteroatoms. The van der Waals surface area contributed by atoms with Crippen molar-refractivity contribution in [3.8, 4) is 0 Å². The lowest BCUT2D eigenvalue weighted by Crippen LogP contribution is -2.27. The number of thiophene rings is 1. The van der Waals surface area contributed by atoms with Crippen molar-refractivity contribution < 1.29 is 9.47 Å². The van der Waals surface area contributed by atoms with Crippen molar-refractivity contribution in [2.45, 2.75) is 73.2 Å². The molecule has 1 aromatic rings. The predicted molar refractivity (Wildman–Crippen MR) is 87.3 cm³/mol. The molecule has 20 heavy (non-hydrogen) atoms. The van der Waals surface area contributed by atoms with Crippen LogP contribution in [0.4, 0.5) is 0 Å². The fourth-order valence-electron chi connectivity index (χ4n) is 1.60. The van der Waals surface area contributed by atoms with Crippen molar-refractivity contribution in [1.82, 2.24) is 0 Å². The Kier molecular flexibility index (Phi) is 6.24. The summed E-state index contributed by atoms with van der Waals surface area (Å²) in [6.45, 7) is 15.9. The van der Waals surface area contributed by atoms with E-state index in [1.54, 1.807) is 11.3 Å². The van der Waals surface area contributed by atoms with Crippen LogP contribution in [-0.4, -0.2) is 12.2 Å². The molecule has 0 aromatic carbocycles. The van der Waals surface area contributed by atoms with Crippen LogP contribution in [0.2, 0.25) is 0 Å². The third-order valence-electron chi connectivity index (χ3n) is 3.39. The summed E-state index contributed by atoms with van der Waals surface area (Å²) in [5.74, 6) is 0. The molecule has 1 atom stereocenters. The summed E-state index contributed by atoms with van der Waals surface area (Å²) in [6, 6.07) is 4.25. The Morgan fingerprint density at radius 1 is 1.15 bits per heavy atom. The normalized spacial score (nSPS) is 14.6. The molecular formula is C17H30O2S. The molecule has 0 saturated carbocycles. The monoisotopic (exact) mass is 298 g/mol. The zero-order valence-corrected chi connectivity index (χ0v) is 14.9. The topological polar surface area (TPSA) is 18.5 Å². The van der Waals surface area contributed by atoms with Gasteiger partial charge in [-0.2, -0.15) is 0 Å². The number of hydrogen-bond acceptors (Lipinski definition) is 3. The molecule has 116 valence electrons. The summed E-state index contributed by atoms with van der Waals surface area (Å²) < 4.78 is 12.2. The van der Waals surface area contributed by atoms with Gasteiger partial charge >= 0.3 is 0 Å². The SMILES string of the molecule is CCC(C)(C)OC(OCCC(C)(C)C)c1ccc(C)s1. The maximum absolute atomic E-state index is 6.19. The van der Waals surface area contributed by atoms with Crippen molar-refractivity contribution in [2.24, 2.45) is 5.41 Å². The maximum Gasteiger partial charge on any atom is 0.193 e. The van der Waals surface area contributed by atoms with Crippen LogP contribution in [0, 0.1) is 12.3 Å². The second-order valence-corrected chi connectivity index (χ2v) is 8.51. The summed E-state index contributed by atoms with van der Waals surface area (Å²) in [4.78, 5) is 2.46. The molecule has 0 radical (unpaired) electrons. The lowest BCUT2D eigenvalue weighted by molar-refractivity contribution is -0.206. The Hall–Kier alpha value is -0.380. The highest BCUT2D eigenvalue weighted by molar-refractivity contribution is 7.11. The van der Waals surface area contributed by atoms with Crippen molar-refractivity contribution >= 4 is 11.3 Å². The summed E-state index contributed by atoms with van der Waals surface area (Å²) in [5.41, 5.74) is 0.125. The van der Waals surface area contributed by atoms with Crippen LogP contribution in [-0.2, 0) is 9.47 Å². The molecule has 1 aromatic heterocycles. The quantitative estimate of drug-likeness (QED) is 0.600. The molecule has 0 fully saturated rings. The molecular weight excluding hydrogens is 268 g/mol. The molecule has 1 heterocycles. The third kappa shape index (κ3) is 6.38. The van der Waals surface area contributed by atoms with Gasteiger partial charge in [-0.05, 0) is 51.2 Å². The molecule has 1 unspecified atom stereocenters. The molecule has 0 amide bonds. The van der Waals surface area contributed by atoms with Crippen molar-refractivity contribution in [3.05, 3.63) is 21.9 Å². The van der Waals surface area contributed by atoms with Gasteiger partial charge in [0.2, 0.25) is 0 Å². The van der Waals surface area contributed by atoms with E-state index in [2.05, 4.69) is 60.6 Å². The van der Waals surface area contributed by atoms with Crippen molar-refractivity contribution in [1.29, 1.82) is 0 Å². The van der Waals surface area contributed by atoms with Gasteiger partial charge in [0.1, 0.15) is 0 Å². The van der Waals surface area contributed by atoms with Crippen LogP contribution in [0.1, 0.15) is 70.4 Å². The van der Waals surface area contributed by atoms with E-state index in [9.17, 15) is 0 Å². The second kappa shape index (κ2) is 7.06. The van der Waals surface area contributed by atoms with E-state index in [1.807, 2.05) is 0 Å². The molecule has 0 aliphatic rings. The largest absolute Gasteiger partial charge is 0.348 e. The molecule has 0 saturated heterocycles. The van der Waals surface area contributed by atoms with Crippen LogP contribution in [0.5, 0.6) is 0 Å². The van der Waals surface area contributed by atoms with Gasteiger partial charge in [0.15, 0.2) is 6.29 Å². The predicted octanol–water partition coefficient (Wildman–Crippen LogP) is 5.71. The Labute approximate surface area is 128 Å². The molecule has 0 aliphatic heterocycles. The minimum absolute atomic E-state index is 0.162. The van der Waals surface area contributed by atoms with E-state index in [4.69, 9.17) is 9.47 Å². The standard InChI is InChI=1S/C17H30O2S/c1-8-17(6,7)19-15(14-10-9-13(2)20-14)18-12-11-16(3,4)5/h9-10,15H,8,11-12H2,1-7H3. The Morgan fingerprint density at radius 3 is 2.25 bits per heavy atom. The first-order valence-electron chi connectivity index (χ1n) is 7.49. The van der Waals surface area contributed by atoms with Gasteiger partial charge in [0.05, 0.1) is 17.1 Å². The maximum atomic E-state index is 6.19. The first kappa shape index (κ1) is 17.7. The highest BCUT2D eigenvalue weighted by atomic mass is 32.1. The van der Waals surface area contributed by atoms with Gasteiger partial charge < -0.3 is 9.47 Å². The Balaban J connectivity index is 2.70. The van der Waals surface area contributed by atoms with Gasteiger partial charge in [-0.15, -0.1) is 11.3 Å². The minimum Gasteiger partial charge on any atom is -0.348 e. The third-order valence-corrected chi connectivity index (χ3v) is 4.41. The molecule has 1 rings (SSSR count). The minimum atomic E-state index is -0.244. The van der Waals surface area contributed by atoms with E-state index in [1.165, 1.54) is 4.88 Å². The summed E-state index contributed by atoms with van der Waals surface area (Å²) in [7, 11) is 0. The first-order valence-corrected chi connectivity index (χ1v) is 8.30. The number of hydrogen-bond donors (Lipinski definition) is 0. The van der Waals surface area contributed by atoms with Gasteiger partial charge in [-0.25, -0.2) is 0 Å². The summed E-state index contributed by atoms with van der Waals surface area (Å²) in [5, 5.41) is 0. The molecule has 2 nitrogen and oxygen atoms in total. The van der Waals surface area contributed by atoms with Gasteiger partial charge in [0.25, 0.3) is 0 Å². The Morgan fingerprint density at radius 2 is 1.80 bits per heavy atom. The van der Waals surface area contributed by atoms with Crippen LogP contribution in [0.25, 0.3) is 0 Å². The average Bonchev–Trinajstić information content (AvgIpc) is 2.73. The molecule has 0 aliphatic carbocycles. The molecule has 0 spiro atoms. The van der Waals surface area contributed by atoms with E-state index in [0.717, 1.165) is 24.3 Å².